The van der Waals surface area contributed by atoms with E-state index in [1.807, 2.05) is 77.9 Å². The lowest BCUT2D eigenvalue weighted by Crippen LogP contribution is -1.75. The molecule has 0 unspecified atom stereocenters. The van der Waals surface area contributed by atoms with E-state index in [4.69, 9.17) is 5.11 Å². The second kappa shape index (κ2) is 26.5. The van der Waals surface area contributed by atoms with Crippen LogP contribution in [-0.4, -0.2) is 5.11 Å². The van der Waals surface area contributed by atoms with Crippen LogP contribution in [0, 0.1) is 6.92 Å². The SMILES string of the molecule is CC.CC.CC.CCc1ccc(O)cc1.CCc1ccccc1.Cc1ccccc1. The number of phenolic OH excluding ortho intramolecular Hbond substituents is 1. The van der Waals surface area contributed by atoms with Crippen LogP contribution in [0.25, 0.3) is 0 Å². The van der Waals surface area contributed by atoms with Crippen molar-refractivity contribution in [1.82, 2.24) is 0 Å². The minimum absolute atomic E-state index is 0.340. The number of hydrogen-bond donors (Lipinski definition) is 1. The molecule has 0 spiro atoms. The second-order valence-electron chi connectivity index (χ2n) is 5.51. The fourth-order valence-electron chi connectivity index (χ4n) is 1.98. The highest BCUT2D eigenvalue weighted by Crippen LogP contribution is 2.09. The average molecular weight is 411 g/mol. The average Bonchev–Trinajstić information content (AvgIpc) is 2.85. The number of aryl methyl sites for hydroxylation is 3. The predicted octanol–water partition coefficient (Wildman–Crippen LogP) is 9.28. The van der Waals surface area contributed by atoms with E-state index in [0.29, 0.717) is 5.75 Å². The zero-order valence-corrected chi connectivity index (χ0v) is 20.9. The summed E-state index contributed by atoms with van der Waals surface area (Å²) in [4.78, 5) is 0. The third kappa shape index (κ3) is 20.2. The van der Waals surface area contributed by atoms with Crippen LogP contribution in [0.1, 0.15) is 72.1 Å². The first-order valence-electron chi connectivity index (χ1n) is 11.5. The first-order valence-corrected chi connectivity index (χ1v) is 11.5. The Hall–Kier alpha value is -2.54. The third-order valence-electron chi connectivity index (χ3n) is 3.54. The van der Waals surface area contributed by atoms with Crippen LogP contribution >= 0.6 is 0 Å². The number of benzene rings is 3. The molecule has 0 radical (unpaired) electrons. The quantitative estimate of drug-likeness (QED) is 0.446. The molecule has 30 heavy (non-hydrogen) atoms. The van der Waals surface area contributed by atoms with Gasteiger partial charge in [-0.3, -0.25) is 0 Å². The summed E-state index contributed by atoms with van der Waals surface area (Å²) in [6.07, 6.45) is 2.17. The van der Waals surface area contributed by atoms with Crippen molar-refractivity contribution in [2.45, 2.75) is 75.2 Å². The van der Waals surface area contributed by atoms with Crippen LogP contribution in [0.2, 0.25) is 0 Å². The van der Waals surface area contributed by atoms with Gasteiger partial charge in [0.05, 0.1) is 0 Å². The lowest BCUT2D eigenvalue weighted by molar-refractivity contribution is 0.475. The smallest absolute Gasteiger partial charge is 0.115 e. The molecule has 1 heteroatoms. The van der Waals surface area contributed by atoms with Crippen molar-refractivity contribution in [3.63, 3.8) is 0 Å². The zero-order valence-electron chi connectivity index (χ0n) is 20.9. The Kier molecular flexibility index (Phi) is 28.3. The highest BCUT2D eigenvalue weighted by molar-refractivity contribution is 5.25. The van der Waals surface area contributed by atoms with E-state index in [1.165, 1.54) is 16.7 Å². The molecular formula is C29H46O. The van der Waals surface area contributed by atoms with E-state index >= 15 is 0 Å². The summed E-state index contributed by atoms with van der Waals surface area (Å²) in [5.74, 6) is 0.340. The number of rotatable bonds is 2. The Balaban J connectivity index is -0.000000325. The molecule has 0 aliphatic carbocycles. The van der Waals surface area contributed by atoms with Gasteiger partial charge in [-0.25, -0.2) is 0 Å². The Morgan fingerprint density at radius 2 is 0.833 bits per heavy atom. The molecule has 1 N–H and O–H groups in total. The van der Waals surface area contributed by atoms with Crippen molar-refractivity contribution < 1.29 is 5.11 Å². The van der Waals surface area contributed by atoms with Crippen molar-refractivity contribution in [3.8, 4) is 5.75 Å². The summed E-state index contributed by atoms with van der Waals surface area (Å²) >= 11 is 0. The lowest BCUT2D eigenvalue weighted by atomic mass is 10.2. The molecular weight excluding hydrogens is 364 g/mol. The Morgan fingerprint density at radius 1 is 0.500 bits per heavy atom. The normalized spacial score (nSPS) is 7.90. The van der Waals surface area contributed by atoms with E-state index < -0.39 is 0 Å². The molecule has 0 bridgehead atoms. The highest BCUT2D eigenvalue weighted by atomic mass is 16.3. The van der Waals surface area contributed by atoms with Gasteiger partial charge < -0.3 is 5.11 Å². The second-order valence-corrected chi connectivity index (χ2v) is 5.51. The summed E-state index contributed by atoms with van der Waals surface area (Å²) < 4.78 is 0. The van der Waals surface area contributed by atoms with E-state index in [-0.39, 0.29) is 0 Å². The highest BCUT2D eigenvalue weighted by Gasteiger charge is 1.86. The van der Waals surface area contributed by atoms with Gasteiger partial charge in [0.15, 0.2) is 0 Å². The summed E-state index contributed by atoms with van der Waals surface area (Å²) in [5.41, 5.74) is 3.99. The molecule has 0 amide bonds. The topological polar surface area (TPSA) is 20.2 Å². The van der Waals surface area contributed by atoms with Crippen LogP contribution in [0.15, 0.2) is 84.9 Å². The fraction of sp³-hybridized carbons (Fsp3) is 0.379. The van der Waals surface area contributed by atoms with Crippen LogP contribution in [0.5, 0.6) is 5.75 Å². The molecule has 0 fully saturated rings. The zero-order chi connectivity index (χ0) is 23.6. The van der Waals surface area contributed by atoms with Crippen LogP contribution in [0.4, 0.5) is 0 Å². The van der Waals surface area contributed by atoms with E-state index in [9.17, 15) is 0 Å². The first kappa shape index (κ1) is 32.1. The monoisotopic (exact) mass is 410 g/mol. The third-order valence-corrected chi connectivity index (χ3v) is 3.54. The van der Waals surface area contributed by atoms with Crippen molar-refractivity contribution in [2.75, 3.05) is 0 Å². The molecule has 3 aromatic carbocycles. The maximum absolute atomic E-state index is 8.85. The van der Waals surface area contributed by atoms with Gasteiger partial charge >= 0.3 is 0 Å². The Morgan fingerprint density at radius 3 is 1.10 bits per heavy atom. The molecule has 0 saturated heterocycles. The van der Waals surface area contributed by atoms with Gasteiger partial charge in [-0.1, -0.05) is 134 Å². The van der Waals surface area contributed by atoms with Gasteiger partial charge in [0.2, 0.25) is 0 Å². The molecule has 0 saturated carbocycles. The van der Waals surface area contributed by atoms with Crippen molar-refractivity contribution in [2.24, 2.45) is 0 Å². The lowest BCUT2D eigenvalue weighted by Gasteiger charge is -1.93. The molecule has 0 heterocycles. The molecule has 0 aliphatic rings. The number of hydrogen-bond acceptors (Lipinski definition) is 1. The van der Waals surface area contributed by atoms with Crippen LogP contribution in [-0.2, 0) is 12.8 Å². The molecule has 3 aromatic rings. The van der Waals surface area contributed by atoms with Gasteiger partial charge in [0.1, 0.15) is 5.75 Å². The largest absolute Gasteiger partial charge is 0.508 e. The first-order chi connectivity index (χ1) is 14.7. The predicted molar refractivity (Wildman–Crippen MR) is 139 cm³/mol. The van der Waals surface area contributed by atoms with Gasteiger partial charge in [0.25, 0.3) is 0 Å². The maximum atomic E-state index is 8.85. The molecule has 0 atom stereocenters. The standard InChI is InChI=1S/C8H10O.C8H10.C7H8.3C2H6/c1-2-7-3-5-8(9)6-4-7;1-2-8-6-4-3-5-7-8;1-7-5-3-2-4-6-7;3*1-2/h3-6,9H,2H2,1H3;3-7H,2H2,1H3;2-6H,1H3;3*1-2H3. The summed E-state index contributed by atoms with van der Waals surface area (Å²) in [7, 11) is 0. The number of phenols is 1. The van der Waals surface area contributed by atoms with Crippen molar-refractivity contribution in [1.29, 1.82) is 0 Å². The van der Waals surface area contributed by atoms with Gasteiger partial charge in [0, 0.05) is 0 Å². The molecule has 168 valence electrons. The van der Waals surface area contributed by atoms with Crippen LogP contribution in [0.3, 0.4) is 0 Å². The summed E-state index contributed by atoms with van der Waals surface area (Å²) in [6, 6.07) is 28.0. The van der Waals surface area contributed by atoms with Crippen molar-refractivity contribution >= 4 is 0 Å². The molecule has 0 aromatic heterocycles. The van der Waals surface area contributed by atoms with E-state index in [1.54, 1.807) is 12.1 Å². The van der Waals surface area contributed by atoms with E-state index in [0.717, 1.165) is 12.8 Å². The van der Waals surface area contributed by atoms with Crippen LogP contribution < -0.4 is 0 Å². The maximum Gasteiger partial charge on any atom is 0.115 e. The Labute approximate surface area is 187 Å². The van der Waals surface area contributed by atoms with Crippen molar-refractivity contribution in [3.05, 3.63) is 102 Å². The molecule has 1 nitrogen and oxygen atoms in total. The van der Waals surface area contributed by atoms with Gasteiger partial charge in [-0.15, -0.1) is 0 Å². The van der Waals surface area contributed by atoms with Gasteiger partial charge in [-0.2, -0.15) is 0 Å². The minimum atomic E-state index is 0.340. The Bertz CT molecular complexity index is 643. The summed E-state index contributed by atoms with van der Waals surface area (Å²) in [6.45, 7) is 18.3. The van der Waals surface area contributed by atoms with Gasteiger partial charge in [-0.05, 0) is 43.0 Å². The summed E-state index contributed by atoms with van der Waals surface area (Å²) in [5, 5.41) is 8.85. The molecule has 3 rings (SSSR count). The molecule has 0 aliphatic heterocycles. The number of aromatic hydroxyl groups is 1. The minimum Gasteiger partial charge on any atom is -0.508 e. The van der Waals surface area contributed by atoms with E-state index in [2.05, 4.69) is 57.2 Å². The fourth-order valence-corrected chi connectivity index (χ4v) is 1.98.